The molecular formula is C23H24F2N4O2S. The molecule has 3 aromatic rings. The van der Waals surface area contributed by atoms with Crippen LogP contribution in [0.25, 0.3) is 21.9 Å². The van der Waals surface area contributed by atoms with Gasteiger partial charge in [-0.15, -0.1) is 0 Å². The van der Waals surface area contributed by atoms with Gasteiger partial charge in [-0.1, -0.05) is 0 Å². The third kappa shape index (κ3) is 4.19. The normalized spacial score (nSPS) is 18.3. The zero-order valence-corrected chi connectivity index (χ0v) is 18.2. The summed E-state index contributed by atoms with van der Waals surface area (Å²) in [6.07, 6.45) is 5.22. The summed E-state index contributed by atoms with van der Waals surface area (Å²) in [6, 6.07) is 9.05. The molecule has 2 fully saturated rings. The number of alkyl halides is 2. The van der Waals surface area contributed by atoms with Gasteiger partial charge in [-0.05, 0) is 72.5 Å². The number of fused-ring (bicyclic) bond motifs is 1. The van der Waals surface area contributed by atoms with E-state index in [1.54, 1.807) is 22.8 Å². The second kappa shape index (κ2) is 8.37. The van der Waals surface area contributed by atoms with Crippen LogP contribution in [0.15, 0.2) is 48.9 Å². The summed E-state index contributed by atoms with van der Waals surface area (Å²) in [6.45, 7) is 1.02. The number of sulfonamides is 1. The van der Waals surface area contributed by atoms with Gasteiger partial charge in [0.1, 0.15) is 5.69 Å². The lowest BCUT2D eigenvalue weighted by Crippen LogP contribution is -2.43. The molecule has 2 aromatic heterocycles. The number of anilines is 1. The van der Waals surface area contributed by atoms with Crippen LogP contribution in [0.3, 0.4) is 0 Å². The van der Waals surface area contributed by atoms with Gasteiger partial charge < -0.3 is 5.32 Å². The molecule has 6 nitrogen and oxygen atoms in total. The number of piperidine rings is 1. The summed E-state index contributed by atoms with van der Waals surface area (Å²) < 4.78 is 52.9. The number of nitrogens with one attached hydrogen (secondary N) is 1. The molecule has 1 saturated carbocycles. The number of benzene rings is 1. The lowest BCUT2D eigenvalue weighted by atomic mass is 9.99. The number of rotatable bonds is 6. The van der Waals surface area contributed by atoms with E-state index in [-0.39, 0.29) is 17.0 Å². The van der Waals surface area contributed by atoms with E-state index in [0.29, 0.717) is 31.5 Å². The Bertz CT molecular complexity index is 1240. The molecular weight excluding hydrogens is 434 g/mol. The summed E-state index contributed by atoms with van der Waals surface area (Å²) in [5.41, 5.74) is 2.09. The molecule has 3 heterocycles. The molecule has 32 heavy (non-hydrogen) atoms. The molecule has 1 aliphatic heterocycles. The maximum Gasteiger partial charge on any atom is 0.280 e. The van der Waals surface area contributed by atoms with Crippen LogP contribution < -0.4 is 5.32 Å². The van der Waals surface area contributed by atoms with E-state index in [1.165, 1.54) is 12.3 Å². The molecule has 0 atom stereocenters. The first-order valence-electron chi connectivity index (χ1n) is 10.8. The largest absolute Gasteiger partial charge is 0.382 e. The van der Waals surface area contributed by atoms with Crippen molar-refractivity contribution in [3.8, 4) is 11.1 Å². The molecule has 1 aromatic carbocycles. The molecule has 9 heteroatoms. The van der Waals surface area contributed by atoms with Gasteiger partial charge in [-0.25, -0.2) is 21.5 Å². The average Bonchev–Trinajstić information content (AvgIpc) is 3.66. The van der Waals surface area contributed by atoms with Crippen molar-refractivity contribution in [1.82, 2.24) is 14.3 Å². The molecule has 1 N–H and O–H groups in total. The van der Waals surface area contributed by atoms with Gasteiger partial charge in [0.2, 0.25) is 10.0 Å². The fourth-order valence-electron chi connectivity index (χ4n) is 4.28. The van der Waals surface area contributed by atoms with E-state index in [4.69, 9.17) is 0 Å². The van der Waals surface area contributed by atoms with Gasteiger partial charge in [0.15, 0.2) is 0 Å². The van der Waals surface area contributed by atoms with Gasteiger partial charge in [0, 0.05) is 48.8 Å². The Balaban J connectivity index is 1.41. The minimum absolute atomic E-state index is 0.119. The highest BCUT2D eigenvalue weighted by molar-refractivity contribution is 7.90. The van der Waals surface area contributed by atoms with E-state index in [2.05, 4.69) is 15.3 Å². The summed E-state index contributed by atoms with van der Waals surface area (Å²) in [5.74, 6) is 0. The van der Waals surface area contributed by atoms with Gasteiger partial charge >= 0.3 is 0 Å². The van der Waals surface area contributed by atoms with E-state index >= 15 is 0 Å². The molecule has 168 valence electrons. The Morgan fingerprint density at radius 2 is 1.78 bits per heavy atom. The number of aromatic nitrogens is 2. The number of pyridine rings is 2. The second-order valence-corrected chi connectivity index (χ2v) is 10.7. The van der Waals surface area contributed by atoms with Crippen molar-refractivity contribution in [3.05, 3.63) is 54.6 Å². The maximum absolute atomic E-state index is 13.1. The van der Waals surface area contributed by atoms with Crippen molar-refractivity contribution >= 4 is 26.5 Å². The van der Waals surface area contributed by atoms with Gasteiger partial charge in [0.25, 0.3) is 6.43 Å². The monoisotopic (exact) mass is 458 g/mol. The summed E-state index contributed by atoms with van der Waals surface area (Å²) in [4.78, 5) is 8.00. The van der Waals surface area contributed by atoms with Crippen molar-refractivity contribution in [1.29, 1.82) is 0 Å². The second-order valence-electron chi connectivity index (χ2n) is 8.45. The number of halogens is 2. The van der Waals surface area contributed by atoms with Crippen molar-refractivity contribution in [2.75, 3.05) is 18.4 Å². The zero-order chi connectivity index (χ0) is 22.3. The molecule has 0 amide bonds. The van der Waals surface area contributed by atoms with Crippen LogP contribution in [0.1, 0.15) is 37.8 Å². The predicted molar refractivity (Wildman–Crippen MR) is 120 cm³/mol. The third-order valence-corrected chi connectivity index (χ3v) is 8.61. The summed E-state index contributed by atoms with van der Waals surface area (Å²) in [5, 5.41) is 5.27. The van der Waals surface area contributed by atoms with Crippen LogP contribution >= 0.6 is 0 Å². The minimum atomic E-state index is -3.15. The minimum Gasteiger partial charge on any atom is -0.382 e. The average molecular weight is 459 g/mol. The van der Waals surface area contributed by atoms with E-state index in [1.807, 2.05) is 18.2 Å². The summed E-state index contributed by atoms with van der Waals surface area (Å²) in [7, 11) is -3.15. The first-order chi connectivity index (χ1) is 15.4. The molecule has 2 aliphatic rings. The number of hydrogen-bond donors (Lipinski definition) is 1. The third-order valence-electron chi connectivity index (χ3n) is 6.21. The molecule has 5 rings (SSSR count). The van der Waals surface area contributed by atoms with Crippen molar-refractivity contribution in [2.45, 2.75) is 43.4 Å². The Morgan fingerprint density at radius 1 is 1.00 bits per heavy atom. The lowest BCUT2D eigenvalue weighted by Gasteiger charge is -2.32. The first-order valence-corrected chi connectivity index (χ1v) is 12.3. The molecule has 0 unspecified atom stereocenters. The maximum atomic E-state index is 13.1. The van der Waals surface area contributed by atoms with Crippen molar-refractivity contribution in [3.63, 3.8) is 0 Å². The fraction of sp³-hybridized carbons (Fsp3) is 0.391. The Morgan fingerprint density at radius 3 is 2.50 bits per heavy atom. The zero-order valence-electron chi connectivity index (χ0n) is 17.4. The van der Waals surface area contributed by atoms with Gasteiger partial charge in [-0.2, -0.15) is 0 Å². The Hall–Kier alpha value is -2.65. The Kier molecular flexibility index (Phi) is 5.54. The quantitative estimate of drug-likeness (QED) is 0.584. The van der Waals surface area contributed by atoms with Crippen molar-refractivity contribution < 1.29 is 17.2 Å². The highest BCUT2D eigenvalue weighted by Crippen LogP contribution is 2.35. The van der Waals surface area contributed by atoms with Crippen LogP contribution in [-0.2, 0) is 10.0 Å². The molecule has 1 aliphatic carbocycles. The molecule has 1 saturated heterocycles. The highest BCUT2D eigenvalue weighted by Gasteiger charge is 2.41. The lowest BCUT2D eigenvalue weighted by molar-refractivity contribution is 0.146. The fourth-order valence-corrected chi connectivity index (χ4v) is 6.16. The predicted octanol–water partition coefficient (Wildman–Crippen LogP) is 4.60. The van der Waals surface area contributed by atoms with Gasteiger partial charge in [-0.3, -0.25) is 9.97 Å². The van der Waals surface area contributed by atoms with Crippen LogP contribution in [0.2, 0.25) is 0 Å². The molecule has 0 radical (unpaired) electrons. The van der Waals surface area contributed by atoms with E-state index in [0.717, 1.165) is 34.9 Å². The van der Waals surface area contributed by atoms with Crippen LogP contribution in [-0.4, -0.2) is 47.1 Å². The molecule has 0 spiro atoms. The van der Waals surface area contributed by atoms with Crippen LogP contribution in [0.4, 0.5) is 14.5 Å². The smallest absolute Gasteiger partial charge is 0.280 e. The van der Waals surface area contributed by atoms with Crippen molar-refractivity contribution in [2.24, 2.45) is 0 Å². The first kappa shape index (κ1) is 21.2. The van der Waals surface area contributed by atoms with Gasteiger partial charge in [0.05, 0.1) is 5.25 Å². The van der Waals surface area contributed by atoms with E-state index in [9.17, 15) is 17.2 Å². The number of hydrogen-bond acceptors (Lipinski definition) is 5. The topological polar surface area (TPSA) is 75.2 Å². The standard InChI is InChI=1S/C23H24F2N4O2S/c24-23(25)22-12-15(4-8-27-22)17-11-16-3-7-26-14-20(16)21(13-17)28-18-5-9-29(10-6-18)32(30,31)19-1-2-19/h3-4,7-8,11-14,18-19,23,28H,1-2,5-6,9-10H2. The summed E-state index contributed by atoms with van der Waals surface area (Å²) >= 11 is 0. The SMILES string of the molecule is O=S(=O)(C1CC1)N1CCC(Nc2cc(-c3ccnc(C(F)F)c3)cc3ccncc23)CC1. The van der Waals surface area contributed by atoms with Crippen LogP contribution in [0.5, 0.6) is 0 Å². The molecule has 0 bridgehead atoms. The highest BCUT2D eigenvalue weighted by atomic mass is 32.2. The van der Waals surface area contributed by atoms with Crippen LogP contribution in [0, 0.1) is 0 Å². The Labute approximate surface area is 185 Å². The van der Waals surface area contributed by atoms with E-state index < -0.39 is 16.4 Å². The number of nitrogens with zero attached hydrogens (tertiary/aromatic N) is 3.